The molecule has 0 bridgehead atoms. The summed E-state index contributed by atoms with van der Waals surface area (Å²) in [4.78, 5) is 20.5. The molecule has 53 heavy (non-hydrogen) atoms. The van der Waals surface area contributed by atoms with Crippen LogP contribution in [0.5, 0.6) is 23.3 Å². The number of aromatic hydroxyl groups is 4. The summed E-state index contributed by atoms with van der Waals surface area (Å²) in [6.07, 6.45) is 0.842. The Labute approximate surface area is 310 Å². The van der Waals surface area contributed by atoms with Crippen molar-refractivity contribution in [3.8, 4) is 23.3 Å². The summed E-state index contributed by atoms with van der Waals surface area (Å²) < 4.78 is 2.53. The third kappa shape index (κ3) is 9.62. The van der Waals surface area contributed by atoms with Crippen LogP contribution in [0.3, 0.4) is 0 Å². The number of aromatic nitrogens is 4. The van der Waals surface area contributed by atoms with Crippen molar-refractivity contribution in [1.82, 2.24) is 19.6 Å². The van der Waals surface area contributed by atoms with Crippen LogP contribution >= 0.6 is 0 Å². The second-order valence-electron chi connectivity index (χ2n) is 11.1. The minimum Gasteiger partial charge on any atom is -0.506 e. The van der Waals surface area contributed by atoms with Gasteiger partial charge < -0.3 is 20.4 Å². The van der Waals surface area contributed by atoms with E-state index in [1.165, 1.54) is 21.5 Å². The van der Waals surface area contributed by atoms with Crippen LogP contribution in [-0.2, 0) is 43.7 Å². The molecule has 19 heteroatoms. The van der Waals surface area contributed by atoms with Crippen molar-refractivity contribution >= 4 is 34.1 Å². The van der Waals surface area contributed by atoms with Crippen molar-refractivity contribution in [2.45, 2.75) is 12.8 Å². The fraction of sp³-hybridized carbons (Fsp3) is 0.118. The van der Waals surface area contributed by atoms with Crippen LogP contribution in [0.25, 0.3) is 0 Å². The van der Waals surface area contributed by atoms with Gasteiger partial charge in [0.1, 0.15) is 22.9 Å². The first-order valence-electron chi connectivity index (χ1n) is 15.3. The molecule has 0 aliphatic heterocycles. The number of rotatable bonds is 10. The molecule has 1 radical (unpaired) electrons. The van der Waals surface area contributed by atoms with Crippen molar-refractivity contribution in [3.05, 3.63) is 140 Å². The van der Waals surface area contributed by atoms with Crippen LogP contribution in [-0.4, -0.2) is 49.8 Å². The Kier molecular flexibility index (Phi) is 12.7. The van der Waals surface area contributed by atoms with Gasteiger partial charge in [0.15, 0.2) is 11.4 Å². The van der Waals surface area contributed by atoms with Gasteiger partial charge >= 0.3 is 0 Å². The van der Waals surface area contributed by atoms with E-state index in [0.29, 0.717) is 24.2 Å². The summed E-state index contributed by atoms with van der Waals surface area (Å²) in [5, 5.41) is 85.7. The molecule has 0 fully saturated rings. The number of hydrogen-bond donors (Lipinski definition) is 4. The number of hydrogen-bond acceptors (Lipinski definition) is 14. The van der Waals surface area contributed by atoms with Gasteiger partial charge in [-0.2, -0.15) is 10.2 Å². The first kappa shape index (κ1) is 38.8. The van der Waals surface area contributed by atoms with Gasteiger partial charge in [0.2, 0.25) is 11.8 Å². The monoisotopic (exact) mass is 765 g/mol. The normalized spacial score (nSPS) is 10.9. The smallest absolute Gasteiger partial charge is 0.271 e. The van der Waals surface area contributed by atoms with E-state index in [1.807, 2.05) is 60.7 Å². The predicted octanol–water partition coefficient (Wildman–Crippen LogP) is 7.49. The zero-order chi connectivity index (χ0) is 37.4. The van der Waals surface area contributed by atoms with E-state index in [4.69, 9.17) is 0 Å². The van der Waals surface area contributed by atoms with Crippen LogP contribution in [0, 0.1) is 20.2 Å². The maximum Gasteiger partial charge on any atom is 0.271 e. The van der Waals surface area contributed by atoms with Crippen LogP contribution in [0.15, 0.2) is 118 Å². The molecule has 4 N–H and O–H groups in total. The molecule has 2 aromatic heterocycles. The third-order valence-electron chi connectivity index (χ3n) is 7.41. The predicted molar refractivity (Wildman–Crippen MR) is 186 cm³/mol. The summed E-state index contributed by atoms with van der Waals surface area (Å²) in [6.45, 7) is 0. The second kappa shape index (κ2) is 17.3. The van der Waals surface area contributed by atoms with E-state index < -0.39 is 9.85 Å². The summed E-state index contributed by atoms with van der Waals surface area (Å²) >= 11 is 0. The minimum absolute atomic E-state index is 0. The van der Waals surface area contributed by atoms with Crippen LogP contribution in [0.1, 0.15) is 22.5 Å². The number of benzene rings is 4. The van der Waals surface area contributed by atoms with Crippen molar-refractivity contribution in [2.75, 3.05) is 0 Å². The Hall–Kier alpha value is -6.99. The molecule has 2 heterocycles. The number of phenols is 2. The summed E-state index contributed by atoms with van der Waals surface area (Å²) in [6, 6.07) is 25.9. The zero-order valence-corrected chi connectivity index (χ0v) is 28.9. The molecule has 0 amide bonds. The second-order valence-corrected chi connectivity index (χ2v) is 11.1. The molecule has 0 unspecified atom stereocenters. The van der Waals surface area contributed by atoms with Gasteiger partial charge in [0, 0.05) is 68.0 Å². The van der Waals surface area contributed by atoms with Gasteiger partial charge in [-0.25, -0.2) is 9.36 Å². The number of nitro benzene ring substituents is 2. The molecule has 4 aromatic carbocycles. The molecular formula is C34H30CoN10O8. The third-order valence-corrected chi connectivity index (χ3v) is 7.41. The molecule has 0 atom stereocenters. The summed E-state index contributed by atoms with van der Waals surface area (Å²) in [7, 11) is 3.13. The molecule has 273 valence electrons. The average molecular weight is 766 g/mol. The number of azo groups is 2. The van der Waals surface area contributed by atoms with E-state index in [1.54, 1.807) is 14.1 Å². The Morgan fingerprint density at radius 3 is 1.28 bits per heavy atom. The van der Waals surface area contributed by atoms with Gasteiger partial charge in [-0.15, -0.1) is 20.5 Å². The fourth-order valence-electron chi connectivity index (χ4n) is 4.76. The van der Waals surface area contributed by atoms with Crippen LogP contribution < -0.4 is 0 Å². The van der Waals surface area contributed by atoms with Gasteiger partial charge in [0.25, 0.3) is 11.4 Å². The molecule has 0 saturated carbocycles. The first-order valence-corrected chi connectivity index (χ1v) is 15.3. The van der Waals surface area contributed by atoms with Crippen LogP contribution in [0.2, 0.25) is 0 Å². The SMILES string of the molecule is Cn1nc(Cc2ccccc2)c(N=Nc2cc([N+](=O)[O-])ccc2O)c1O.Cn1nc(Cc2ccccc2)c(N=Nc2cc([N+](=O)[O-])ccc2O)c1O.[Co]. The minimum atomic E-state index is -0.596. The number of phenolic OH excluding ortho intramolecular Hbond substituents is 2. The van der Waals surface area contributed by atoms with E-state index in [2.05, 4.69) is 30.7 Å². The van der Waals surface area contributed by atoms with Crippen molar-refractivity contribution in [3.63, 3.8) is 0 Å². The molecule has 18 nitrogen and oxygen atoms in total. The molecular weight excluding hydrogens is 735 g/mol. The average Bonchev–Trinajstić information content (AvgIpc) is 3.55. The Bertz CT molecular complexity index is 2130. The number of non-ortho nitro benzene ring substituents is 2. The maximum atomic E-state index is 10.9. The molecule has 0 aliphatic rings. The molecule has 0 spiro atoms. The van der Waals surface area contributed by atoms with Crippen molar-refractivity contribution < 1.29 is 47.1 Å². The Balaban J connectivity index is 0.000000232. The number of aryl methyl sites for hydroxylation is 2. The van der Waals surface area contributed by atoms with Gasteiger partial charge in [-0.3, -0.25) is 20.2 Å². The van der Waals surface area contributed by atoms with E-state index in [0.717, 1.165) is 35.4 Å². The molecule has 0 aliphatic carbocycles. The maximum absolute atomic E-state index is 10.9. The van der Waals surface area contributed by atoms with Gasteiger partial charge in [0.05, 0.1) is 21.2 Å². The van der Waals surface area contributed by atoms with Gasteiger partial charge in [-0.1, -0.05) is 60.7 Å². The standard InChI is InChI=1S/2C17H15N5O4.Co/c2*1-21-17(24)16(14(20-21)9-11-5-3-2-4-6-11)19-18-13-10-12(22(25)26)7-8-15(13)23;/h2*2-8,10,23-24H,9H2,1H3;. The Morgan fingerprint density at radius 1 is 0.585 bits per heavy atom. The fourth-order valence-corrected chi connectivity index (χ4v) is 4.76. The number of nitrogens with zero attached hydrogens (tertiary/aromatic N) is 10. The van der Waals surface area contributed by atoms with Crippen LogP contribution in [0.4, 0.5) is 34.1 Å². The molecule has 6 aromatic rings. The summed E-state index contributed by atoms with van der Waals surface area (Å²) in [5.41, 5.74) is 2.61. The molecule has 6 rings (SSSR count). The van der Waals surface area contributed by atoms with Crippen molar-refractivity contribution in [2.24, 2.45) is 34.6 Å². The van der Waals surface area contributed by atoms with E-state index in [-0.39, 0.29) is 74.2 Å². The molecule has 0 saturated heterocycles. The topological polar surface area (TPSA) is 252 Å². The quantitative estimate of drug-likeness (QED) is 0.0607. The van der Waals surface area contributed by atoms with E-state index >= 15 is 0 Å². The van der Waals surface area contributed by atoms with Crippen molar-refractivity contribution in [1.29, 1.82) is 0 Å². The van der Waals surface area contributed by atoms with Gasteiger partial charge in [-0.05, 0) is 23.3 Å². The number of nitro groups is 2. The largest absolute Gasteiger partial charge is 0.506 e. The summed E-state index contributed by atoms with van der Waals surface area (Å²) in [5.74, 6) is -0.895. The Morgan fingerprint density at radius 2 is 0.943 bits per heavy atom. The first-order chi connectivity index (χ1) is 24.9. The van der Waals surface area contributed by atoms with E-state index in [9.17, 15) is 40.7 Å². The zero-order valence-electron chi connectivity index (χ0n) is 27.9.